The fourth-order valence-corrected chi connectivity index (χ4v) is 4.86. The predicted molar refractivity (Wildman–Crippen MR) is 148 cm³/mol. The molecule has 3 amide bonds. The number of aliphatic hydroxyl groups excluding tert-OH is 1. The molecule has 2 atom stereocenters. The van der Waals surface area contributed by atoms with Gasteiger partial charge in [-0.3, -0.25) is 19.6 Å². The monoisotopic (exact) mass is 514 g/mol. The number of carbonyl (C=O) groups is 2. The number of aromatic nitrogens is 2. The van der Waals surface area contributed by atoms with Crippen LogP contribution in [0.3, 0.4) is 0 Å². The fraction of sp³-hybridized carbons (Fsp3) is 0.296. The highest BCUT2D eigenvalue weighted by Crippen LogP contribution is 2.34. The molecule has 2 aromatic carbocycles. The van der Waals surface area contributed by atoms with Crippen LogP contribution in [0, 0.1) is 6.92 Å². The standard InChI is InChI=1S/C27H30N8O3/c1-14-6-8-19(11-21(14)35-13-18-12-29-26(28)32-23(18)34(5)27(35)38)31-24(36)17-7-9-20-15(2)30-16(3)25(37)33(4)22(20)10-17/h6-12,16,24,31,36H,13H2,1-5H3,(H2,28,29,32)/t16-,24?/m0/s1. The molecule has 0 spiro atoms. The number of aliphatic hydroxyl groups is 1. The van der Waals surface area contributed by atoms with Gasteiger partial charge in [0.05, 0.1) is 17.9 Å². The van der Waals surface area contributed by atoms with E-state index in [0.717, 1.165) is 22.4 Å². The summed E-state index contributed by atoms with van der Waals surface area (Å²) in [5.41, 5.74) is 11.6. The van der Waals surface area contributed by atoms with Crippen molar-refractivity contribution in [1.29, 1.82) is 0 Å². The average Bonchev–Trinajstić information content (AvgIpc) is 2.97. The van der Waals surface area contributed by atoms with Crippen LogP contribution in [-0.4, -0.2) is 52.9 Å². The third-order valence-corrected chi connectivity index (χ3v) is 6.99. The summed E-state index contributed by atoms with van der Waals surface area (Å²) < 4.78 is 0. The van der Waals surface area contributed by atoms with Crippen LogP contribution in [0.2, 0.25) is 0 Å². The number of aryl methyl sites for hydroxylation is 1. The summed E-state index contributed by atoms with van der Waals surface area (Å²) in [6.07, 6.45) is 0.566. The van der Waals surface area contributed by atoms with Crippen molar-refractivity contribution in [3.63, 3.8) is 0 Å². The van der Waals surface area contributed by atoms with E-state index in [4.69, 9.17) is 5.73 Å². The van der Waals surface area contributed by atoms with Crippen molar-refractivity contribution in [3.05, 3.63) is 64.8 Å². The maximum atomic E-state index is 13.2. The highest BCUT2D eigenvalue weighted by molar-refractivity contribution is 6.11. The molecule has 3 aromatic rings. The molecule has 1 aromatic heterocycles. The smallest absolute Gasteiger partial charge is 0.330 e. The molecule has 2 aliphatic rings. The number of amides is 3. The largest absolute Gasteiger partial charge is 0.369 e. The number of benzene rings is 2. The maximum Gasteiger partial charge on any atom is 0.330 e. The van der Waals surface area contributed by atoms with E-state index in [-0.39, 0.29) is 24.4 Å². The minimum atomic E-state index is -1.06. The summed E-state index contributed by atoms with van der Waals surface area (Å²) in [6, 6.07) is 10.3. The Bertz CT molecular complexity index is 1490. The number of aliphatic imine (C=N–C) groups is 1. The van der Waals surface area contributed by atoms with E-state index in [1.165, 1.54) is 4.90 Å². The molecule has 0 fully saturated rings. The molecule has 0 saturated heterocycles. The van der Waals surface area contributed by atoms with Gasteiger partial charge in [-0.15, -0.1) is 0 Å². The topological polar surface area (TPSA) is 140 Å². The fourth-order valence-electron chi connectivity index (χ4n) is 4.86. The van der Waals surface area contributed by atoms with Crippen LogP contribution in [0.25, 0.3) is 0 Å². The number of carbonyl (C=O) groups excluding carboxylic acids is 2. The van der Waals surface area contributed by atoms with Crippen molar-refractivity contribution in [2.45, 2.75) is 39.6 Å². The van der Waals surface area contributed by atoms with Crippen LogP contribution in [0.15, 0.2) is 47.6 Å². The average molecular weight is 515 g/mol. The van der Waals surface area contributed by atoms with Gasteiger partial charge in [0, 0.05) is 48.4 Å². The summed E-state index contributed by atoms with van der Waals surface area (Å²) in [6.45, 7) is 5.85. The van der Waals surface area contributed by atoms with E-state index >= 15 is 0 Å². The predicted octanol–water partition coefficient (Wildman–Crippen LogP) is 3.22. The second-order valence-corrected chi connectivity index (χ2v) is 9.62. The zero-order valence-electron chi connectivity index (χ0n) is 21.9. The number of urea groups is 1. The van der Waals surface area contributed by atoms with Crippen LogP contribution in [-0.2, 0) is 11.3 Å². The van der Waals surface area contributed by atoms with Crippen molar-refractivity contribution in [2.75, 3.05) is 39.8 Å². The van der Waals surface area contributed by atoms with Crippen LogP contribution in [0.4, 0.5) is 33.6 Å². The van der Waals surface area contributed by atoms with Crippen LogP contribution >= 0.6 is 0 Å². The van der Waals surface area contributed by atoms with Gasteiger partial charge in [0.2, 0.25) is 5.95 Å². The molecular weight excluding hydrogens is 484 g/mol. The van der Waals surface area contributed by atoms with Gasteiger partial charge in [-0.2, -0.15) is 4.98 Å². The maximum absolute atomic E-state index is 13.2. The number of hydrogen-bond donors (Lipinski definition) is 3. The van der Waals surface area contributed by atoms with Crippen molar-refractivity contribution in [2.24, 2.45) is 4.99 Å². The van der Waals surface area contributed by atoms with Gasteiger partial charge in [-0.1, -0.05) is 18.2 Å². The zero-order valence-corrected chi connectivity index (χ0v) is 21.9. The Balaban J connectivity index is 1.42. The van der Waals surface area contributed by atoms with Gasteiger partial charge in [-0.25, -0.2) is 9.78 Å². The summed E-state index contributed by atoms with van der Waals surface area (Å²) in [4.78, 5) is 43.3. The number of fused-ring (bicyclic) bond motifs is 2. The van der Waals surface area contributed by atoms with E-state index in [1.807, 2.05) is 44.2 Å². The lowest BCUT2D eigenvalue weighted by molar-refractivity contribution is -0.119. The lowest BCUT2D eigenvalue weighted by atomic mass is 10.0. The molecule has 0 aliphatic carbocycles. The van der Waals surface area contributed by atoms with Gasteiger partial charge >= 0.3 is 6.03 Å². The second kappa shape index (κ2) is 9.42. The SMILES string of the molecule is CC1=N[C@@H](C)C(=O)N(C)c2cc(C(O)Nc3ccc(C)c(N4Cc5cnc(N)nc5N(C)C4=O)c3)ccc21. The summed E-state index contributed by atoms with van der Waals surface area (Å²) in [5.74, 6) is 0.484. The molecule has 38 heavy (non-hydrogen) atoms. The number of hydrogen-bond acceptors (Lipinski definition) is 8. The Hall–Kier alpha value is -4.51. The molecule has 11 heteroatoms. The molecule has 5 rings (SSSR count). The minimum Gasteiger partial charge on any atom is -0.369 e. The first-order chi connectivity index (χ1) is 18.0. The van der Waals surface area contributed by atoms with Crippen molar-refractivity contribution in [1.82, 2.24) is 9.97 Å². The number of nitrogens with one attached hydrogen (secondary N) is 1. The molecule has 3 heterocycles. The van der Waals surface area contributed by atoms with Crippen LogP contribution < -0.4 is 25.8 Å². The van der Waals surface area contributed by atoms with Crippen LogP contribution in [0.1, 0.15) is 42.3 Å². The quantitative estimate of drug-likeness (QED) is 0.454. The zero-order chi connectivity index (χ0) is 27.3. The van der Waals surface area contributed by atoms with Crippen LogP contribution in [0.5, 0.6) is 0 Å². The first kappa shape index (κ1) is 25.2. The van der Waals surface area contributed by atoms with E-state index in [0.29, 0.717) is 28.4 Å². The Morgan fingerprint density at radius 2 is 1.84 bits per heavy atom. The number of nitrogens with zero attached hydrogens (tertiary/aromatic N) is 6. The number of benzodiazepines with no additional fused rings is 1. The van der Waals surface area contributed by atoms with E-state index < -0.39 is 12.3 Å². The molecule has 0 bridgehead atoms. The Morgan fingerprint density at radius 3 is 2.61 bits per heavy atom. The third-order valence-electron chi connectivity index (χ3n) is 6.99. The number of rotatable bonds is 4. The van der Waals surface area contributed by atoms with Gasteiger partial charge < -0.3 is 21.1 Å². The molecule has 196 valence electrons. The molecular formula is C27H30N8O3. The molecule has 11 nitrogen and oxygen atoms in total. The molecule has 1 unspecified atom stereocenters. The Kier molecular flexibility index (Phi) is 6.23. The third kappa shape index (κ3) is 4.30. The number of nitrogens with two attached hydrogens (primary N) is 1. The number of anilines is 5. The highest BCUT2D eigenvalue weighted by Gasteiger charge is 2.31. The summed E-state index contributed by atoms with van der Waals surface area (Å²) in [5, 5.41) is 14.2. The molecule has 0 saturated carbocycles. The molecule has 2 aliphatic heterocycles. The lowest BCUT2D eigenvalue weighted by Gasteiger charge is -2.35. The first-order valence-electron chi connectivity index (χ1n) is 12.2. The van der Waals surface area contributed by atoms with E-state index in [9.17, 15) is 14.7 Å². The molecule has 4 N–H and O–H groups in total. The lowest BCUT2D eigenvalue weighted by Crippen LogP contribution is -2.46. The van der Waals surface area contributed by atoms with E-state index in [1.54, 1.807) is 43.1 Å². The Labute approximate surface area is 220 Å². The van der Waals surface area contributed by atoms with Gasteiger partial charge in [-0.05, 0) is 44.5 Å². The normalized spacial score (nSPS) is 18.0. The van der Waals surface area contributed by atoms with Gasteiger partial charge in [0.15, 0.2) is 6.23 Å². The summed E-state index contributed by atoms with van der Waals surface area (Å²) >= 11 is 0. The van der Waals surface area contributed by atoms with Crippen molar-refractivity contribution < 1.29 is 14.7 Å². The number of nitrogen functional groups attached to an aromatic ring is 1. The van der Waals surface area contributed by atoms with Gasteiger partial charge in [0.1, 0.15) is 11.9 Å². The Morgan fingerprint density at radius 1 is 1.08 bits per heavy atom. The highest BCUT2D eigenvalue weighted by atomic mass is 16.3. The van der Waals surface area contributed by atoms with E-state index in [2.05, 4.69) is 20.3 Å². The second-order valence-electron chi connectivity index (χ2n) is 9.62. The summed E-state index contributed by atoms with van der Waals surface area (Å²) in [7, 11) is 3.36. The first-order valence-corrected chi connectivity index (χ1v) is 12.2. The molecule has 0 radical (unpaired) electrons. The van der Waals surface area contributed by atoms with Gasteiger partial charge in [0.25, 0.3) is 5.91 Å². The van der Waals surface area contributed by atoms with Crippen molar-refractivity contribution >= 4 is 46.5 Å². The van der Waals surface area contributed by atoms with Crippen molar-refractivity contribution in [3.8, 4) is 0 Å². The minimum absolute atomic E-state index is 0.110. The number of likely N-dealkylation sites (N-methyl/N-ethyl adjacent to an activating group) is 1.